The van der Waals surface area contributed by atoms with Crippen LogP contribution in [0.1, 0.15) is 24.8 Å². The Morgan fingerprint density at radius 2 is 1.82 bits per heavy atom. The van der Waals surface area contributed by atoms with E-state index in [1.165, 1.54) is 0 Å². The molecule has 1 aliphatic heterocycles. The topological polar surface area (TPSA) is 77.2 Å². The van der Waals surface area contributed by atoms with Crippen LogP contribution in [0.4, 0.5) is 0 Å². The van der Waals surface area contributed by atoms with Crippen molar-refractivity contribution in [1.82, 2.24) is 13.8 Å². The molecule has 2 aromatic carbocycles. The van der Waals surface area contributed by atoms with Crippen molar-refractivity contribution in [2.45, 2.75) is 37.4 Å². The zero-order valence-electron chi connectivity index (χ0n) is 19.1. The Bertz CT molecular complexity index is 1290. The number of sulfonamides is 1. The van der Waals surface area contributed by atoms with E-state index in [1.807, 2.05) is 29.8 Å². The number of ether oxygens (including phenoxy) is 2. The van der Waals surface area contributed by atoms with Crippen LogP contribution in [0, 0.1) is 4.84 Å². The molecule has 0 atom stereocenters. The van der Waals surface area contributed by atoms with Crippen molar-refractivity contribution in [3.8, 4) is 11.5 Å². The molecule has 0 saturated carbocycles. The first-order chi connectivity index (χ1) is 15.8. The largest absolute Gasteiger partial charge is 0.497 e. The Morgan fingerprint density at radius 3 is 2.52 bits per heavy atom. The Labute approximate surface area is 199 Å². The summed E-state index contributed by atoms with van der Waals surface area (Å²) in [7, 11) is 1.65. The van der Waals surface area contributed by atoms with Gasteiger partial charge in [-0.2, -0.15) is 4.31 Å². The van der Waals surface area contributed by atoms with Crippen LogP contribution < -0.4 is 9.47 Å². The predicted molar refractivity (Wildman–Crippen MR) is 129 cm³/mol. The molecule has 0 spiro atoms. The summed E-state index contributed by atoms with van der Waals surface area (Å²) in [4.78, 5) is 2.62. The molecule has 8 nitrogen and oxygen atoms in total. The van der Waals surface area contributed by atoms with E-state index in [-0.39, 0.29) is 4.90 Å². The van der Waals surface area contributed by atoms with E-state index >= 15 is 0 Å². The molecule has 1 aromatic heterocycles. The van der Waals surface area contributed by atoms with Gasteiger partial charge in [-0.15, -0.1) is 0 Å². The number of nitrogens with zero attached hydrogens (tertiary/aromatic N) is 3. The van der Waals surface area contributed by atoms with E-state index < -0.39 is 10.0 Å². The number of oxazole rings is 1. The molecule has 178 valence electrons. The fraction of sp³-hybridized carbons (Fsp3) is 0.435. The molecule has 3 aromatic rings. The summed E-state index contributed by atoms with van der Waals surface area (Å²) in [5.41, 5.74) is 2.22. The van der Waals surface area contributed by atoms with Crippen molar-refractivity contribution in [2.24, 2.45) is 0 Å². The lowest BCUT2D eigenvalue weighted by Gasteiger charge is -2.25. The summed E-state index contributed by atoms with van der Waals surface area (Å²) in [6.07, 6.45) is 2.85. The van der Waals surface area contributed by atoms with Gasteiger partial charge in [-0.05, 0) is 56.4 Å². The van der Waals surface area contributed by atoms with Gasteiger partial charge in [-0.25, -0.2) is 8.42 Å². The average molecular weight is 492 g/mol. The normalized spacial score (nSPS) is 15.3. The van der Waals surface area contributed by atoms with E-state index in [1.54, 1.807) is 36.7 Å². The summed E-state index contributed by atoms with van der Waals surface area (Å²) in [5.74, 6) is 1.46. The molecule has 1 aliphatic rings. The minimum atomic E-state index is -3.55. The van der Waals surface area contributed by atoms with Crippen LogP contribution in [0.3, 0.4) is 0 Å². The lowest BCUT2D eigenvalue weighted by Crippen LogP contribution is -2.35. The predicted octanol–water partition coefficient (Wildman–Crippen LogP) is 4.25. The van der Waals surface area contributed by atoms with Gasteiger partial charge < -0.3 is 13.9 Å². The Kier molecular flexibility index (Phi) is 7.08. The van der Waals surface area contributed by atoms with Gasteiger partial charge in [0.2, 0.25) is 10.0 Å². The lowest BCUT2D eigenvalue weighted by atomic mass is 10.2. The molecule has 0 N–H and O–H groups in total. The smallest absolute Gasteiger partial charge is 0.270 e. The number of aromatic nitrogens is 1. The summed E-state index contributed by atoms with van der Waals surface area (Å²) in [6.45, 7) is 2.14. The maximum atomic E-state index is 13.2. The summed E-state index contributed by atoms with van der Waals surface area (Å²) in [5, 5.41) is 0. The van der Waals surface area contributed by atoms with Crippen molar-refractivity contribution in [3.05, 3.63) is 46.8 Å². The standard InChI is InChI=1S/C23H29N3O5S2/c1-24(15-17-7-8-18(29-2)13-22(17)30-3)16-26-20-14-19(9-10-21(20)31-23(26)32)33(27,28)25-11-5-4-6-12-25/h7-10,13-14H,4-6,11-12,15-16H2,1-3H3. The van der Waals surface area contributed by atoms with Gasteiger partial charge in [0, 0.05) is 31.3 Å². The van der Waals surface area contributed by atoms with Gasteiger partial charge in [0.25, 0.3) is 4.84 Å². The number of benzene rings is 2. The van der Waals surface area contributed by atoms with Crippen molar-refractivity contribution < 1.29 is 22.3 Å². The van der Waals surface area contributed by atoms with Crippen LogP contribution in [0.5, 0.6) is 11.5 Å². The van der Waals surface area contributed by atoms with Crippen molar-refractivity contribution in [3.63, 3.8) is 0 Å². The van der Waals surface area contributed by atoms with Gasteiger partial charge in [0.05, 0.1) is 31.3 Å². The molecule has 2 heterocycles. The highest BCUT2D eigenvalue weighted by atomic mass is 32.2. The van der Waals surface area contributed by atoms with Gasteiger partial charge in [-0.3, -0.25) is 9.47 Å². The quantitative estimate of drug-likeness (QED) is 0.436. The zero-order chi connectivity index (χ0) is 23.6. The molecule has 1 saturated heterocycles. The fourth-order valence-electron chi connectivity index (χ4n) is 4.16. The third-order valence-corrected chi connectivity index (χ3v) is 8.11. The summed E-state index contributed by atoms with van der Waals surface area (Å²) in [6, 6.07) is 10.7. The van der Waals surface area contributed by atoms with Crippen LogP contribution in [0.25, 0.3) is 11.1 Å². The van der Waals surface area contributed by atoms with Crippen LogP contribution in [-0.2, 0) is 23.2 Å². The van der Waals surface area contributed by atoms with Crippen molar-refractivity contribution in [2.75, 3.05) is 34.4 Å². The molecule has 0 unspecified atom stereocenters. The molecular weight excluding hydrogens is 462 g/mol. The SMILES string of the molecule is COc1ccc(CN(C)Cn2c(=S)oc3ccc(S(=O)(=O)N4CCCCC4)cc32)c(OC)c1. The van der Waals surface area contributed by atoms with Gasteiger partial charge in [0.1, 0.15) is 11.5 Å². The molecular formula is C23H29N3O5S2. The number of hydrogen-bond acceptors (Lipinski definition) is 7. The van der Waals surface area contributed by atoms with E-state index in [0.29, 0.717) is 42.2 Å². The molecule has 1 fully saturated rings. The number of piperidine rings is 1. The number of methoxy groups -OCH3 is 2. The minimum Gasteiger partial charge on any atom is -0.497 e. The number of hydrogen-bond donors (Lipinski definition) is 0. The fourth-order valence-corrected chi connectivity index (χ4v) is 5.94. The number of rotatable bonds is 8. The highest BCUT2D eigenvalue weighted by Gasteiger charge is 2.27. The van der Waals surface area contributed by atoms with Crippen LogP contribution in [0.2, 0.25) is 0 Å². The number of fused-ring (bicyclic) bond motifs is 1. The lowest BCUT2D eigenvalue weighted by molar-refractivity contribution is 0.253. The molecule has 10 heteroatoms. The Hall–Kier alpha value is -2.40. The molecule has 0 aliphatic carbocycles. The van der Waals surface area contributed by atoms with Crippen LogP contribution >= 0.6 is 12.2 Å². The van der Waals surface area contributed by atoms with Crippen molar-refractivity contribution in [1.29, 1.82) is 0 Å². The van der Waals surface area contributed by atoms with Gasteiger partial charge in [0.15, 0.2) is 5.58 Å². The van der Waals surface area contributed by atoms with E-state index in [4.69, 9.17) is 26.1 Å². The van der Waals surface area contributed by atoms with E-state index in [2.05, 4.69) is 4.90 Å². The van der Waals surface area contributed by atoms with Gasteiger partial charge in [-0.1, -0.05) is 12.5 Å². The second kappa shape index (κ2) is 9.84. The van der Waals surface area contributed by atoms with Crippen LogP contribution in [0.15, 0.2) is 45.7 Å². The monoisotopic (exact) mass is 491 g/mol. The third kappa shape index (κ3) is 4.93. The molecule has 4 rings (SSSR count). The minimum absolute atomic E-state index is 0.265. The van der Waals surface area contributed by atoms with Gasteiger partial charge >= 0.3 is 0 Å². The first kappa shape index (κ1) is 23.7. The molecule has 0 bridgehead atoms. The maximum absolute atomic E-state index is 13.2. The maximum Gasteiger partial charge on any atom is 0.270 e. The summed E-state index contributed by atoms with van der Waals surface area (Å²) >= 11 is 5.45. The third-order valence-electron chi connectivity index (χ3n) is 5.91. The molecule has 0 radical (unpaired) electrons. The first-order valence-corrected chi connectivity index (χ1v) is 12.7. The summed E-state index contributed by atoms with van der Waals surface area (Å²) < 4.78 is 46.2. The molecule has 33 heavy (non-hydrogen) atoms. The average Bonchev–Trinajstić information content (AvgIpc) is 3.14. The van der Waals surface area contributed by atoms with Crippen molar-refractivity contribution >= 4 is 33.3 Å². The second-order valence-corrected chi connectivity index (χ2v) is 10.5. The second-order valence-electron chi connectivity index (χ2n) is 8.22. The first-order valence-electron chi connectivity index (χ1n) is 10.9. The highest BCUT2D eigenvalue weighted by Crippen LogP contribution is 2.28. The van der Waals surface area contributed by atoms with E-state index in [0.717, 1.165) is 36.3 Å². The highest BCUT2D eigenvalue weighted by molar-refractivity contribution is 7.89. The molecule has 0 amide bonds. The van der Waals surface area contributed by atoms with E-state index in [9.17, 15) is 8.42 Å². The zero-order valence-corrected chi connectivity index (χ0v) is 20.7. The van der Waals surface area contributed by atoms with Crippen LogP contribution in [-0.4, -0.2) is 56.5 Å². The Balaban J connectivity index is 1.61. The Morgan fingerprint density at radius 1 is 1.06 bits per heavy atom.